The number of aliphatic hydroxyl groups excluding tert-OH is 3. The lowest BCUT2D eigenvalue weighted by Crippen LogP contribution is -2.55. The van der Waals surface area contributed by atoms with Gasteiger partial charge in [-0.2, -0.15) is 0 Å². The van der Waals surface area contributed by atoms with E-state index >= 15 is 0 Å². The Kier molecular flexibility index (Phi) is 4.50. The number of nitrogens with one attached hydrogen (secondary N) is 2. The summed E-state index contributed by atoms with van der Waals surface area (Å²) in [7, 11) is 0. The van der Waals surface area contributed by atoms with Crippen LogP contribution in [0.3, 0.4) is 0 Å². The van der Waals surface area contributed by atoms with Gasteiger partial charge in [0.2, 0.25) is 0 Å². The predicted octanol–water partition coefficient (Wildman–Crippen LogP) is -2.08. The largest absolute Gasteiger partial charge is 0.391 e. The molecular weight excluding hydrogens is 288 g/mol. The highest BCUT2D eigenvalue weighted by Crippen LogP contribution is 2.20. The molecule has 1 aromatic heterocycles. The van der Waals surface area contributed by atoms with Gasteiger partial charge in [0.25, 0.3) is 5.56 Å². The van der Waals surface area contributed by atoms with E-state index in [1.54, 1.807) is 6.26 Å². The van der Waals surface area contributed by atoms with Crippen LogP contribution in [-0.2, 0) is 4.74 Å². The van der Waals surface area contributed by atoms with Crippen molar-refractivity contribution in [3.05, 3.63) is 10.4 Å². The second kappa shape index (κ2) is 5.97. The number of thioether (sulfide) groups is 1. The van der Waals surface area contributed by atoms with Crippen LogP contribution < -0.4 is 16.6 Å². The lowest BCUT2D eigenvalue weighted by atomic mass is 10.0. The highest BCUT2D eigenvalue weighted by Gasteiger charge is 2.38. The number of anilines is 2. The maximum Gasteiger partial charge on any atom is 0.276 e. The van der Waals surface area contributed by atoms with Gasteiger partial charge in [0, 0.05) is 0 Å². The van der Waals surface area contributed by atoms with Gasteiger partial charge in [-0.15, -0.1) is 0 Å². The van der Waals surface area contributed by atoms with Crippen molar-refractivity contribution in [1.29, 1.82) is 0 Å². The Hall–Kier alpha value is -1.33. The van der Waals surface area contributed by atoms with Gasteiger partial charge in [-0.25, -0.2) is 4.98 Å². The van der Waals surface area contributed by atoms with Gasteiger partial charge in [-0.1, -0.05) is 11.8 Å². The molecule has 20 heavy (non-hydrogen) atoms. The molecule has 0 spiro atoms. The summed E-state index contributed by atoms with van der Waals surface area (Å²) in [5.41, 5.74) is 4.93. The van der Waals surface area contributed by atoms with E-state index in [9.17, 15) is 20.1 Å². The summed E-state index contributed by atoms with van der Waals surface area (Å²) in [5, 5.41) is 31.7. The van der Waals surface area contributed by atoms with E-state index in [-0.39, 0.29) is 18.1 Å². The third-order valence-corrected chi connectivity index (χ3v) is 3.49. The van der Waals surface area contributed by atoms with Gasteiger partial charge in [0.1, 0.15) is 24.0 Å². The Labute approximate surface area is 118 Å². The molecule has 4 atom stereocenters. The van der Waals surface area contributed by atoms with Crippen molar-refractivity contribution in [2.45, 2.75) is 29.7 Å². The Morgan fingerprint density at radius 2 is 2.15 bits per heavy atom. The summed E-state index contributed by atoms with van der Waals surface area (Å²) in [6.45, 7) is -0.158. The fourth-order valence-electron chi connectivity index (χ4n) is 1.74. The summed E-state index contributed by atoms with van der Waals surface area (Å²) < 4.78 is 5.16. The highest BCUT2D eigenvalue weighted by molar-refractivity contribution is 7.98. The average Bonchev–Trinajstić information content (AvgIpc) is 2.44. The minimum Gasteiger partial charge on any atom is -0.391 e. The molecule has 0 aliphatic carbocycles. The van der Waals surface area contributed by atoms with Gasteiger partial charge in [0.15, 0.2) is 17.2 Å². The second-order valence-electron chi connectivity index (χ2n) is 4.28. The second-order valence-corrected chi connectivity index (χ2v) is 5.08. The first kappa shape index (κ1) is 15.1. The predicted molar refractivity (Wildman–Crippen MR) is 72.4 cm³/mol. The lowest BCUT2D eigenvalue weighted by Gasteiger charge is -2.35. The number of nitrogens with zero attached hydrogens (tertiary/aromatic N) is 1. The number of nitrogen functional groups attached to an aromatic ring is 1. The zero-order valence-electron chi connectivity index (χ0n) is 10.6. The molecule has 0 bridgehead atoms. The molecule has 10 heteroatoms. The van der Waals surface area contributed by atoms with Crippen molar-refractivity contribution in [2.24, 2.45) is 0 Å². The smallest absolute Gasteiger partial charge is 0.276 e. The topological polar surface area (TPSA) is 154 Å². The van der Waals surface area contributed by atoms with Crippen molar-refractivity contribution >= 4 is 23.3 Å². The number of rotatable bonds is 3. The average molecular weight is 304 g/mol. The van der Waals surface area contributed by atoms with Gasteiger partial charge in [0.05, 0.1) is 6.61 Å². The van der Waals surface area contributed by atoms with Crippen LogP contribution in [-0.4, -0.2) is 62.7 Å². The monoisotopic (exact) mass is 304 g/mol. The lowest BCUT2D eigenvalue weighted by molar-refractivity contribution is -0.178. The number of aromatic amines is 1. The molecule has 2 heterocycles. The molecule has 0 amide bonds. The zero-order valence-corrected chi connectivity index (χ0v) is 11.4. The van der Waals surface area contributed by atoms with Crippen LogP contribution in [0.4, 0.5) is 11.5 Å². The summed E-state index contributed by atoms with van der Waals surface area (Å²) >= 11 is 1.21. The molecule has 1 aliphatic heterocycles. The van der Waals surface area contributed by atoms with E-state index in [0.717, 1.165) is 0 Å². The zero-order chi connectivity index (χ0) is 14.9. The van der Waals surface area contributed by atoms with E-state index in [0.29, 0.717) is 5.16 Å². The van der Waals surface area contributed by atoms with Crippen molar-refractivity contribution < 1.29 is 20.1 Å². The fraction of sp³-hybridized carbons (Fsp3) is 0.600. The van der Waals surface area contributed by atoms with Crippen LogP contribution in [0.5, 0.6) is 0 Å². The highest BCUT2D eigenvalue weighted by atomic mass is 32.2. The molecule has 0 saturated carbocycles. The third kappa shape index (κ3) is 2.88. The molecule has 0 aromatic carbocycles. The summed E-state index contributed by atoms with van der Waals surface area (Å²) in [6.07, 6.45) is -3.21. The van der Waals surface area contributed by atoms with Crippen LogP contribution in [0.1, 0.15) is 0 Å². The van der Waals surface area contributed by atoms with Crippen LogP contribution in [0, 0.1) is 0 Å². The maximum absolute atomic E-state index is 11.6. The SMILES string of the molecule is CSc1nc(N[C@H]2OC[C@@H](O)[C@@H](O)[C@@H]2O)c(N)c(=O)[nH]1. The molecule has 1 aliphatic rings. The Morgan fingerprint density at radius 3 is 2.80 bits per heavy atom. The fourth-order valence-corrected chi connectivity index (χ4v) is 2.11. The first-order valence-corrected chi connectivity index (χ1v) is 7.02. The van der Waals surface area contributed by atoms with Crippen LogP contribution >= 0.6 is 11.8 Å². The molecule has 9 nitrogen and oxygen atoms in total. The molecule has 2 rings (SSSR count). The normalized spacial score (nSPS) is 30.2. The number of aliphatic hydroxyl groups is 3. The molecule has 0 unspecified atom stereocenters. The first-order valence-electron chi connectivity index (χ1n) is 5.80. The number of H-pyrrole nitrogens is 1. The standard InChI is InChI=1S/C10H16N4O5S/c1-20-10-13-7(4(11)8(18)14-10)12-9-6(17)5(16)3(15)2-19-9/h3,5-6,9,15-17H,2,11H2,1H3,(H2,12,13,14,18)/t3-,5-,6+,9+/m1/s1. The molecule has 7 N–H and O–H groups in total. The number of aromatic nitrogens is 2. The Bertz CT molecular complexity index is 539. The molecule has 1 saturated heterocycles. The molecule has 1 fully saturated rings. The van der Waals surface area contributed by atoms with Gasteiger partial charge in [-0.3, -0.25) is 9.78 Å². The minimum atomic E-state index is -1.38. The van der Waals surface area contributed by atoms with Crippen LogP contribution in [0.2, 0.25) is 0 Å². The number of ether oxygens (including phenoxy) is 1. The third-order valence-electron chi connectivity index (χ3n) is 2.91. The molecule has 1 aromatic rings. The Morgan fingerprint density at radius 1 is 1.45 bits per heavy atom. The molecule has 0 radical (unpaired) electrons. The summed E-state index contributed by atoms with van der Waals surface area (Å²) in [5.74, 6) is 0.0470. The number of nitrogens with two attached hydrogens (primary N) is 1. The van der Waals surface area contributed by atoms with Crippen molar-refractivity contribution in [1.82, 2.24) is 9.97 Å². The maximum atomic E-state index is 11.6. The summed E-state index contributed by atoms with van der Waals surface area (Å²) in [4.78, 5) is 18.1. The van der Waals surface area contributed by atoms with Gasteiger partial charge in [-0.05, 0) is 6.26 Å². The van der Waals surface area contributed by atoms with E-state index in [4.69, 9.17) is 10.5 Å². The van der Waals surface area contributed by atoms with Gasteiger partial charge < -0.3 is 31.1 Å². The van der Waals surface area contributed by atoms with E-state index in [1.807, 2.05) is 0 Å². The first-order chi connectivity index (χ1) is 9.43. The quantitative estimate of drug-likeness (QED) is 0.273. The van der Waals surface area contributed by atoms with Crippen LogP contribution in [0.15, 0.2) is 9.95 Å². The van der Waals surface area contributed by atoms with Crippen molar-refractivity contribution in [3.8, 4) is 0 Å². The van der Waals surface area contributed by atoms with E-state index in [2.05, 4.69) is 15.3 Å². The molecular formula is C10H16N4O5S. The van der Waals surface area contributed by atoms with E-state index < -0.39 is 30.1 Å². The Balaban J connectivity index is 2.22. The van der Waals surface area contributed by atoms with Crippen LogP contribution in [0.25, 0.3) is 0 Å². The minimum absolute atomic E-state index is 0.0470. The number of hydrogen-bond acceptors (Lipinski definition) is 9. The van der Waals surface area contributed by atoms with Crippen molar-refractivity contribution in [3.63, 3.8) is 0 Å². The van der Waals surface area contributed by atoms with Crippen molar-refractivity contribution in [2.75, 3.05) is 23.9 Å². The van der Waals surface area contributed by atoms with Gasteiger partial charge >= 0.3 is 0 Å². The van der Waals surface area contributed by atoms with E-state index in [1.165, 1.54) is 11.8 Å². The number of hydrogen-bond donors (Lipinski definition) is 6. The molecule has 112 valence electrons. The summed E-state index contributed by atoms with van der Waals surface area (Å²) in [6, 6.07) is 0.